The first-order valence-corrected chi connectivity index (χ1v) is 10.7. The van der Waals surface area contributed by atoms with Gasteiger partial charge in [-0.1, -0.05) is 53.6 Å². The lowest BCUT2D eigenvalue weighted by molar-refractivity contribution is 0.102. The maximum absolute atomic E-state index is 12.6. The number of nitrogens with one attached hydrogen (secondary N) is 1. The Labute approximate surface area is 192 Å². The average Bonchev–Trinajstić information content (AvgIpc) is 3.23. The van der Waals surface area contributed by atoms with E-state index in [4.69, 9.17) is 16.3 Å². The number of hydrogen-bond acceptors (Lipinski definition) is 3. The minimum Gasteiger partial charge on any atom is -0.489 e. The summed E-state index contributed by atoms with van der Waals surface area (Å²) in [5, 5.41) is 8.01. The predicted molar refractivity (Wildman–Crippen MR) is 127 cm³/mol. The van der Waals surface area contributed by atoms with Crippen molar-refractivity contribution in [1.29, 1.82) is 0 Å². The molecule has 1 aromatic heterocycles. The van der Waals surface area contributed by atoms with Crippen LogP contribution in [0.15, 0.2) is 79.0 Å². The van der Waals surface area contributed by atoms with Crippen molar-refractivity contribution >= 4 is 23.3 Å². The van der Waals surface area contributed by atoms with Crippen molar-refractivity contribution in [1.82, 2.24) is 9.78 Å². The topological polar surface area (TPSA) is 56.2 Å². The highest BCUT2D eigenvalue weighted by molar-refractivity contribution is 6.31. The molecule has 1 heterocycles. The van der Waals surface area contributed by atoms with E-state index in [1.165, 1.54) is 5.56 Å². The van der Waals surface area contributed by atoms with E-state index in [9.17, 15) is 4.79 Å². The number of rotatable bonds is 7. The molecule has 4 rings (SSSR count). The van der Waals surface area contributed by atoms with Crippen LogP contribution in [0.5, 0.6) is 5.75 Å². The van der Waals surface area contributed by atoms with Gasteiger partial charge >= 0.3 is 0 Å². The van der Waals surface area contributed by atoms with Gasteiger partial charge in [0.1, 0.15) is 12.4 Å². The molecule has 6 heteroatoms. The van der Waals surface area contributed by atoms with Crippen LogP contribution < -0.4 is 10.1 Å². The zero-order chi connectivity index (χ0) is 22.5. The summed E-state index contributed by atoms with van der Waals surface area (Å²) in [6.07, 6.45) is 1.86. The van der Waals surface area contributed by atoms with Gasteiger partial charge in [0.25, 0.3) is 5.91 Å². The molecule has 32 heavy (non-hydrogen) atoms. The molecule has 0 saturated carbocycles. The number of aryl methyl sites for hydroxylation is 2. The summed E-state index contributed by atoms with van der Waals surface area (Å²) in [6.45, 7) is 5.06. The molecule has 4 aromatic rings. The van der Waals surface area contributed by atoms with E-state index in [1.54, 1.807) is 22.9 Å². The highest BCUT2D eigenvalue weighted by atomic mass is 35.5. The minimum atomic E-state index is -0.202. The number of halogens is 1. The molecule has 0 atom stereocenters. The fourth-order valence-corrected chi connectivity index (χ4v) is 3.33. The van der Waals surface area contributed by atoms with Crippen molar-refractivity contribution in [2.45, 2.75) is 27.0 Å². The molecule has 0 aliphatic rings. The number of amides is 1. The van der Waals surface area contributed by atoms with Crippen molar-refractivity contribution in [3.63, 3.8) is 0 Å². The zero-order valence-electron chi connectivity index (χ0n) is 18.0. The zero-order valence-corrected chi connectivity index (χ0v) is 18.8. The molecule has 0 aliphatic carbocycles. The molecule has 0 saturated heterocycles. The summed E-state index contributed by atoms with van der Waals surface area (Å²) in [5.74, 6) is 1.08. The van der Waals surface area contributed by atoms with E-state index in [2.05, 4.69) is 41.6 Å². The van der Waals surface area contributed by atoms with Crippen molar-refractivity contribution in [3.05, 3.63) is 112 Å². The van der Waals surface area contributed by atoms with Crippen LogP contribution in [0.3, 0.4) is 0 Å². The Hall–Kier alpha value is -3.57. The quantitative estimate of drug-likeness (QED) is 0.377. The summed E-state index contributed by atoms with van der Waals surface area (Å²) in [4.78, 5) is 12.6. The first-order chi connectivity index (χ1) is 15.5. The minimum absolute atomic E-state index is 0.202. The van der Waals surface area contributed by atoms with Gasteiger partial charge in [-0.25, -0.2) is 0 Å². The second-order valence-corrected chi connectivity index (χ2v) is 8.14. The van der Waals surface area contributed by atoms with E-state index in [1.807, 2.05) is 43.5 Å². The van der Waals surface area contributed by atoms with Crippen LogP contribution >= 0.6 is 11.6 Å². The summed E-state index contributed by atoms with van der Waals surface area (Å²) < 4.78 is 7.61. The van der Waals surface area contributed by atoms with Crippen molar-refractivity contribution in [3.8, 4) is 5.75 Å². The maximum Gasteiger partial charge on any atom is 0.256 e. The van der Waals surface area contributed by atoms with Gasteiger partial charge in [-0.05, 0) is 60.9 Å². The first-order valence-electron chi connectivity index (χ1n) is 10.3. The summed E-state index contributed by atoms with van der Waals surface area (Å²) in [7, 11) is 0. The molecule has 0 fully saturated rings. The van der Waals surface area contributed by atoms with E-state index in [0.717, 1.165) is 22.4 Å². The number of nitrogens with zero attached hydrogens (tertiary/aromatic N) is 2. The average molecular weight is 446 g/mol. The Morgan fingerprint density at radius 1 is 0.969 bits per heavy atom. The second-order valence-electron chi connectivity index (χ2n) is 7.73. The van der Waals surface area contributed by atoms with Gasteiger partial charge in [-0.15, -0.1) is 0 Å². The molecule has 1 N–H and O–H groups in total. The predicted octanol–water partition coefficient (Wildman–Crippen LogP) is 6.03. The molecule has 162 valence electrons. The number of aromatic nitrogens is 2. The van der Waals surface area contributed by atoms with Crippen LogP contribution in [0.2, 0.25) is 5.02 Å². The lowest BCUT2D eigenvalue weighted by atomic mass is 10.1. The van der Waals surface area contributed by atoms with Crippen molar-refractivity contribution < 1.29 is 9.53 Å². The van der Waals surface area contributed by atoms with E-state index in [-0.39, 0.29) is 5.91 Å². The molecule has 1 amide bonds. The Kier molecular flexibility index (Phi) is 6.57. The lowest BCUT2D eigenvalue weighted by Crippen LogP contribution is -2.13. The molecule has 3 aromatic carbocycles. The molecular weight excluding hydrogens is 422 g/mol. The Balaban J connectivity index is 1.32. The van der Waals surface area contributed by atoms with Crippen LogP contribution in [0.4, 0.5) is 5.82 Å². The molecular formula is C26H24ClN3O2. The van der Waals surface area contributed by atoms with E-state index < -0.39 is 0 Å². The normalized spacial score (nSPS) is 10.7. The van der Waals surface area contributed by atoms with Gasteiger partial charge in [-0.3, -0.25) is 9.48 Å². The molecule has 0 radical (unpaired) electrons. The van der Waals surface area contributed by atoms with Crippen LogP contribution in [0, 0.1) is 13.8 Å². The number of carbonyl (C=O) groups excluding carboxylic acids is 1. The molecule has 0 aliphatic heterocycles. The number of carbonyl (C=O) groups is 1. The molecule has 0 spiro atoms. The monoisotopic (exact) mass is 445 g/mol. The van der Waals surface area contributed by atoms with Crippen LogP contribution in [0.25, 0.3) is 0 Å². The standard InChI is InChI=1S/C26H24ClN3O2/c1-18-3-5-20(6-4-18)16-30-14-13-25(29-30)28-26(31)22-9-7-21(8-10-22)17-32-23-11-12-24(27)19(2)15-23/h3-15H,16-17H2,1-2H3,(H,28,29,31). The molecule has 0 unspecified atom stereocenters. The Bertz CT molecular complexity index is 1210. The van der Waals surface area contributed by atoms with Crippen LogP contribution in [-0.4, -0.2) is 15.7 Å². The molecule has 0 bridgehead atoms. The van der Waals surface area contributed by atoms with E-state index >= 15 is 0 Å². The maximum atomic E-state index is 12.6. The van der Waals surface area contributed by atoms with Gasteiger partial charge in [0, 0.05) is 22.8 Å². The third-order valence-corrected chi connectivity index (χ3v) is 5.52. The SMILES string of the molecule is Cc1ccc(Cn2ccc(NC(=O)c3ccc(COc4ccc(Cl)c(C)c4)cc3)n2)cc1. The largest absolute Gasteiger partial charge is 0.489 e. The number of hydrogen-bond donors (Lipinski definition) is 1. The summed E-state index contributed by atoms with van der Waals surface area (Å²) in [6, 6.07) is 23.0. The van der Waals surface area contributed by atoms with Crippen molar-refractivity contribution in [2.75, 3.05) is 5.32 Å². The lowest BCUT2D eigenvalue weighted by Gasteiger charge is -2.09. The molecule has 5 nitrogen and oxygen atoms in total. The summed E-state index contributed by atoms with van der Waals surface area (Å²) in [5.41, 5.74) is 4.88. The number of ether oxygens (including phenoxy) is 1. The Morgan fingerprint density at radius 3 is 2.41 bits per heavy atom. The second kappa shape index (κ2) is 9.71. The van der Waals surface area contributed by atoms with Gasteiger partial charge in [0.05, 0.1) is 6.54 Å². The number of anilines is 1. The highest BCUT2D eigenvalue weighted by Gasteiger charge is 2.09. The third kappa shape index (κ3) is 5.56. The fourth-order valence-electron chi connectivity index (χ4n) is 3.21. The fraction of sp³-hybridized carbons (Fsp3) is 0.154. The van der Waals surface area contributed by atoms with Crippen LogP contribution in [-0.2, 0) is 13.2 Å². The van der Waals surface area contributed by atoms with Gasteiger partial charge in [0.15, 0.2) is 5.82 Å². The smallest absolute Gasteiger partial charge is 0.256 e. The van der Waals surface area contributed by atoms with Crippen molar-refractivity contribution in [2.24, 2.45) is 0 Å². The third-order valence-electron chi connectivity index (χ3n) is 5.10. The summed E-state index contributed by atoms with van der Waals surface area (Å²) >= 11 is 6.05. The Morgan fingerprint density at radius 2 is 1.69 bits per heavy atom. The highest BCUT2D eigenvalue weighted by Crippen LogP contribution is 2.22. The van der Waals surface area contributed by atoms with Gasteiger partial charge in [0.2, 0.25) is 0 Å². The number of benzene rings is 3. The van der Waals surface area contributed by atoms with Gasteiger partial charge < -0.3 is 10.1 Å². The first kappa shape index (κ1) is 21.7. The van der Waals surface area contributed by atoms with Gasteiger partial charge in [-0.2, -0.15) is 5.10 Å². The van der Waals surface area contributed by atoms with E-state index in [0.29, 0.717) is 29.6 Å². The van der Waals surface area contributed by atoms with Crippen LogP contribution in [0.1, 0.15) is 32.6 Å².